The summed E-state index contributed by atoms with van der Waals surface area (Å²) in [6.45, 7) is 3.93. The van der Waals surface area contributed by atoms with Crippen molar-refractivity contribution >= 4 is 34.5 Å². The number of fused-ring (bicyclic) bond motifs is 1. The lowest BCUT2D eigenvalue weighted by Crippen LogP contribution is -2.43. The maximum absolute atomic E-state index is 12.8. The van der Waals surface area contributed by atoms with Crippen molar-refractivity contribution in [1.29, 1.82) is 0 Å². The maximum atomic E-state index is 12.8. The lowest BCUT2D eigenvalue weighted by Gasteiger charge is -2.29. The van der Waals surface area contributed by atoms with Crippen molar-refractivity contribution in [2.45, 2.75) is 31.6 Å². The van der Waals surface area contributed by atoms with Crippen LogP contribution in [-0.2, 0) is 0 Å². The number of rotatable bonds is 5. The van der Waals surface area contributed by atoms with E-state index in [1.165, 1.54) is 0 Å². The number of aromatic nitrogens is 3. The van der Waals surface area contributed by atoms with Gasteiger partial charge in [-0.1, -0.05) is 12.8 Å². The van der Waals surface area contributed by atoms with Gasteiger partial charge in [-0.15, -0.1) is 0 Å². The van der Waals surface area contributed by atoms with Gasteiger partial charge in [-0.05, 0) is 30.9 Å². The number of carbonyl (C=O) groups excluding carboxylic acids is 1. The monoisotopic (exact) mass is 435 g/mol. The quantitative estimate of drug-likeness (QED) is 0.631. The van der Waals surface area contributed by atoms with Crippen LogP contribution in [0.1, 0.15) is 47.7 Å². The Labute approximate surface area is 187 Å². The molecule has 0 aromatic carbocycles. The zero-order chi connectivity index (χ0) is 22.1. The van der Waals surface area contributed by atoms with E-state index in [1.807, 2.05) is 12.3 Å². The molecule has 3 aromatic heterocycles. The lowest BCUT2D eigenvalue weighted by atomic mass is 9.96. The molecule has 3 aromatic rings. The molecule has 0 atom stereocenters. The summed E-state index contributed by atoms with van der Waals surface area (Å²) in [6, 6.07) is 4.01. The number of pyridine rings is 1. The van der Waals surface area contributed by atoms with Crippen molar-refractivity contribution in [2.24, 2.45) is 0 Å². The molecule has 1 amide bonds. The third kappa shape index (κ3) is 4.00. The Morgan fingerprint density at radius 2 is 1.94 bits per heavy atom. The number of piperazine rings is 1. The van der Waals surface area contributed by atoms with E-state index in [1.54, 1.807) is 25.2 Å². The highest BCUT2D eigenvalue weighted by Gasteiger charge is 2.31. The molecule has 0 unspecified atom stereocenters. The molecular formula is C23H29N7O2. The second kappa shape index (κ2) is 8.74. The van der Waals surface area contributed by atoms with Crippen LogP contribution in [0.25, 0.3) is 11.1 Å². The zero-order valence-corrected chi connectivity index (χ0v) is 18.6. The zero-order valence-electron chi connectivity index (χ0n) is 18.6. The summed E-state index contributed by atoms with van der Waals surface area (Å²) in [5.74, 6) is 1.67. The van der Waals surface area contributed by atoms with Crippen molar-refractivity contribution in [2.75, 3.05) is 50.5 Å². The molecule has 0 bridgehead atoms. The number of nitrogens with one attached hydrogen (secondary N) is 2. The number of carbonyl (C=O) groups is 1. The molecule has 5 rings (SSSR count). The molecule has 1 saturated heterocycles. The molecule has 9 heteroatoms. The molecule has 168 valence electrons. The van der Waals surface area contributed by atoms with Crippen molar-refractivity contribution in [3.8, 4) is 0 Å². The Hall–Kier alpha value is -3.20. The smallest absolute Gasteiger partial charge is 0.289 e. The number of hydrogen-bond donors (Lipinski definition) is 2. The van der Waals surface area contributed by atoms with Gasteiger partial charge < -0.3 is 24.9 Å². The summed E-state index contributed by atoms with van der Waals surface area (Å²) in [7, 11) is 3.48. The molecule has 0 spiro atoms. The number of nitrogens with zero attached hydrogens (tertiary/aromatic N) is 5. The summed E-state index contributed by atoms with van der Waals surface area (Å²) in [4.78, 5) is 30.3. The fourth-order valence-electron chi connectivity index (χ4n) is 4.61. The number of anilines is 3. The highest BCUT2D eigenvalue weighted by Crippen LogP contribution is 2.41. The van der Waals surface area contributed by atoms with E-state index in [0.29, 0.717) is 23.1 Å². The average molecular weight is 436 g/mol. The van der Waals surface area contributed by atoms with Crippen LogP contribution in [0.15, 0.2) is 28.9 Å². The first-order chi connectivity index (χ1) is 15.6. The molecular weight excluding hydrogens is 406 g/mol. The van der Waals surface area contributed by atoms with Gasteiger partial charge in [-0.2, -0.15) is 0 Å². The first kappa shape index (κ1) is 20.7. The Bertz CT molecular complexity index is 1100. The van der Waals surface area contributed by atoms with E-state index in [4.69, 9.17) is 9.40 Å². The van der Waals surface area contributed by atoms with E-state index in [0.717, 1.165) is 68.6 Å². The van der Waals surface area contributed by atoms with Crippen LogP contribution >= 0.6 is 0 Å². The third-order valence-electron chi connectivity index (χ3n) is 6.30. The minimum atomic E-state index is -0.135. The largest absolute Gasteiger partial charge is 0.447 e. The second-order valence-corrected chi connectivity index (χ2v) is 8.70. The van der Waals surface area contributed by atoms with Crippen LogP contribution in [-0.4, -0.2) is 66.0 Å². The Balaban J connectivity index is 1.43. The van der Waals surface area contributed by atoms with Crippen LogP contribution in [0, 0.1) is 0 Å². The van der Waals surface area contributed by atoms with Crippen molar-refractivity contribution in [3.05, 3.63) is 35.9 Å². The highest BCUT2D eigenvalue weighted by atomic mass is 16.3. The average Bonchev–Trinajstić information content (AvgIpc) is 3.47. The predicted octanol–water partition coefficient (Wildman–Crippen LogP) is 3.13. The maximum Gasteiger partial charge on any atom is 0.289 e. The molecule has 2 aliphatic rings. The first-order valence-electron chi connectivity index (χ1n) is 11.3. The molecule has 0 radical (unpaired) electrons. The standard InChI is InChI=1S/C23H29N7O2/c1-29(2)22(31)21-19(15-5-3-4-6-15)20-17(32-21)14-26-23(28-20)27-18-8-7-16(13-25-18)30-11-9-24-10-12-30/h7-8,13-15,24H,3-6,9-12H2,1-2H3,(H,25,26,27,28). The van der Waals surface area contributed by atoms with E-state index in [2.05, 4.69) is 31.6 Å². The first-order valence-corrected chi connectivity index (χ1v) is 11.3. The van der Waals surface area contributed by atoms with E-state index in [9.17, 15) is 4.79 Å². The highest BCUT2D eigenvalue weighted by molar-refractivity contribution is 5.98. The van der Waals surface area contributed by atoms with Crippen LogP contribution < -0.4 is 15.5 Å². The van der Waals surface area contributed by atoms with Crippen LogP contribution in [0.5, 0.6) is 0 Å². The molecule has 1 aliphatic heterocycles. The van der Waals surface area contributed by atoms with Crippen molar-refractivity contribution in [3.63, 3.8) is 0 Å². The normalized spacial score (nSPS) is 17.1. The van der Waals surface area contributed by atoms with Gasteiger partial charge in [0.05, 0.1) is 18.1 Å². The molecule has 2 fully saturated rings. The number of amides is 1. The minimum absolute atomic E-state index is 0.135. The Kier molecular flexibility index (Phi) is 5.65. The predicted molar refractivity (Wildman–Crippen MR) is 124 cm³/mol. The summed E-state index contributed by atoms with van der Waals surface area (Å²) in [6.07, 6.45) is 7.93. The van der Waals surface area contributed by atoms with Crippen LogP contribution in [0.2, 0.25) is 0 Å². The van der Waals surface area contributed by atoms with Crippen LogP contribution in [0.3, 0.4) is 0 Å². The van der Waals surface area contributed by atoms with Gasteiger partial charge in [-0.3, -0.25) is 4.79 Å². The van der Waals surface area contributed by atoms with E-state index < -0.39 is 0 Å². The van der Waals surface area contributed by atoms with Gasteiger partial charge in [-0.25, -0.2) is 15.0 Å². The fourth-order valence-corrected chi connectivity index (χ4v) is 4.61. The SMILES string of the molecule is CN(C)C(=O)c1oc2cnc(Nc3ccc(N4CCNCC4)cn3)nc2c1C1CCCC1. The van der Waals surface area contributed by atoms with Gasteiger partial charge in [0.25, 0.3) is 5.91 Å². The Morgan fingerprint density at radius 1 is 1.16 bits per heavy atom. The van der Waals surface area contributed by atoms with Crippen LogP contribution in [0.4, 0.5) is 17.5 Å². The minimum Gasteiger partial charge on any atom is -0.447 e. The number of hydrogen-bond acceptors (Lipinski definition) is 8. The number of furan rings is 1. The fraction of sp³-hybridized carbons (Fsp3) is 0.478. The molecule has 1 aliphatic carbocycles. The summed E-state index contributed by atoms with van der Waals surface area (Å²) >= 11 is 0. The van der Waals surface area contributed by atoms with Gasteiger partial charge in [0.2, 0.25) is 5.95 Å². The molecule has 9 nitrogen and oxygen atoms in total. The van der Waals surface area contributed by atoms with Gasteiger partial charge >= 0.3 is 0 Å². The summed E-state index contributed by atoms with van der Waals surface area (Å²) in [5.41, 5.74) is 3.30. The van der Waals surface area contributed by atoms with Crippen molar-refractivity contribution in [1.82, 2.24) is 25.2 Å². The van der Waals surface area contributed by atoms with Gasteiger partial charge in [0, 0.05) is 45.8 Å². The van der Waals surface area contributed by atoms with Gasteiger partial charge in [0.1, 0.15) is 11.3 Å². The van der Waals surface area contributed by atoms with Gasteiger partial charge in [0.15, 0.2) is 11.3 Å². The lowest BCUT2D eigenvalue weighted by molar-refractivity contribution is 0.0797. The summed E-state index contributed by atoms with van der Waals surface area (Å²) in [5, 5.41) is 6.56. The van der Waals surface area contributed by atoms with E-state index >= 15 is 0 Å². The Morgan fingerprint density at radius 3 is 2.62 bits per heavy atom. The van der Waals surface area contributed by atoms with Crippen molar-refractivity contribution < 1.29 is 9.21 Å². The molecule has 2 N–H and O–H groups in total. The summed E-state index contributed by atoms with van der Waals surface area (Å²) < 4.78 is 5.95. The topological polar surface area (TPSA) is 99.4 Å². The molecule has 1 saturated carbocycles. The third-order valence-corrected chi connectivity index (χ3v) is 6.30. The molecule has 4 heterocycles. The second-order valence-electron chi connectivity index (χ2n) is 8.70. The molecule has 32 heavy (non-hydrogen) atoms. The van der Waals surface area contributed by atoms with E-state index in [-0.39, 0.29) is 11.8 Å².